The number of ether oxygens (including phenoxy) is 2. The molecule has 0 N–H and O–H groups in total. The number of aliphatic imine (C=N–C) groups is 1. The number of alkyl halides is 3. The zero-order valence-electron chi connectivity index (χ0n) is 19.4. The van der Waals surface area contributed by atoms with Crippen LogP contribution >= 0.6 is 0 Å². The molecule has 188 valence electrons. The highest BCUT2D eigenvalue weighted by atomic mass is 19.4. The molecule has 0 spiro atoms. The minimum Gasteiger partial charge on any atom is -0.463 e. The van der Waals surface area contributed by atoms with E-state index in [9.17, 15) is 26.7 Å². The van der Waals surface area contributed by atoms with Gasteiger partial charge in [-0.2, -0.15) is 0 Å². The van der Waals surface area contributed by atoms with Crippen molar-refractivity contribution in [3.8, 4) is 16.9 Å². The largest absolute Gasteiger partial charge is 0.573 e. The van der Waals surface area contributed by atoms with E-state index in [2.05, 4.69) is 9.73 Å². The van der Waals surface area contributed by atoms with Crippen molar-refractivity contribution in [3.05, 3.63) is 89.5 Å². The fourth-order valence-corrected chi connectivity index (χ4v) is 4.13. The molecule has 0 amide bonds. The Morgan fingerprint density at radius 3 is 2.00 bits per heavy atom. The maximum atomic E-state index is 14.4. The summed E-state index contributed by atoms with van der Waals surface area (Å²) in [5.74, 6) is -3.15. The first-order valence-electron chi connectivity index (χ1n) is 11.2. The average Bonchev–Trinajstić information content (AvgIpc) is 3.23. The van der Waals surface area contributed by atoms with Crippen molar-refractivity contribution in [1.82, 2.24) is 0 Å². The van der Waals surface area contributed by atoms with Gasteiger partial charge in [-0.25, -0.2) is 8.78 Å². The van der Waals surface area contributed by atoms with Crippen LogP contribution in [-0.4, -0.2) is 24.1 Å². The summed E-state index contributed by atoms with van der Waals surface area (Å²) in [6.45, 7) is 3.42. The number of hydrogen-bond donors (Lipinski definition) is 0. The maximum Gasteiger partial charge on any atom is 0.573 e. The lowest BCUT2D eigenvalue weighted by Crippen LogP contribution is -2.24. The van der Waals surface area contributed by atoms with Crippen molar-refractivity contribution in [1.29, 1.82) is 0 Å². The van der Waals surface area contributed by atoms with Crippen LogP contribution in [0.2, 0.25) is 0 Å². The Bertz CT molecular complexity index is 1250. The zero-order valence-corrected chi connectivity index (χ0v) is 19.4. The second-order valence-corrected chi connectivity index (χ2v) is 8.61. The van der Waals surface area contributed by atoms with E-state index < -0.39 is 35.9 Å². The Morgan fingerprint density at radius 1 is 0.917 bits per heavy atom. The van der Waals surface area contributed by atoms with E-state index >= 15 is 0 Å². The Kier molecular flexibility index (Phi) is 7.10. The molecular weight excluding hydrogens is 481 g/mol. The minimum atomic E-state index is -4.78. The van der Waals surface area contributed by atoms with Gasteiger partial charge in [0.15, 0.2) is 0 Å². The van der Waals surface area contributed by atoms with E-state index in [0.29, 0.717) is 16.7 Å². The molecule has 0 saturated heterocycles. The SMILES string of the molecule is CC(C)OC(=O)C1CC(c2c(F)cccc2F)=NC1c1ccc(-c2ccc(OC(F)(F)F)cc2)cc1. The minimum absolute atomic E-state index is 0.0104. The smallest absolute Gasteiger partial charge is 0.463 e. The average molecular weight is 503 g/mol. The Morgan fingerprint density at radius 2 is 1.47 bits per heavy atom. The van der Waals surface area contributed by atoms with Gasteiger partial charge in [0.2, 0.25) is 0 Å². The van der Waals surface area contributed by atoms with Gasteiger partial charge in [0.25, 0.3) is 0 Å². The second kappa shape index (κ2) is 10.1. The number of esters is 1. The molecular formula is C27H22F5NO3. The molecule has 0 radical (unpaired) electrons. The Balaban J connectivity index is 1.63. The molecule has 4 nitrogen and oxygen atoms in total. The van der Waals surface area contributed by atoms with Crippen molar-refractivity contribution in [2.45, 2.75) is 38.8 Å². The predicted octanol–water partition coefficient (Wildman–Crippen LogP) is 7.03. The van der Waals surface area contributed by atoms with Gasteiger partial charge in [0.05, 0.1) is 23.6 Å². The highest BCUT2D eigenvalue weighted by Crippen LogP contribution is 2.39. The summed E-state index contributed by atoms with van der Waals surface area (Å²) < 4.78 is 75.3. The van der Waals surface area contributed by atoms with Crippen molar-refractivity contribution in [2.75, 3.05) is 0 Å². The molecule has 0 bridgehead atoms. The Labute approximate surface area is 204 Å². The number of nitrogens with zero attached hydrogens (tertiary/aromatic N) is 1. The lowest BCUT2D eigenvalue weighted by atomic mass is 9.90. The lowest BCUT2D eigenvalue weighted by Gasteiger charge is -2.19. The first-order valence-corrected chi connectivity index (χ1v) is 11.2. The molecule has 0 aliphatic carbocycles. The molecule has 3 aromatic carbocycles. The van der Waals surface area contributed by atoms with Gasteiger partial charge in [-0.3, -0.25) is 9.79 Å². The van der Waals surface area contributed by atoms with Gasteiger partial charge in [-0.15, -0.1) is 13.2 Å². The van der Waals surface area contributed by atoms with Crippen molar-refractivity contribution >= 4 is 11.7 Å². The summed E-state index contributed by atoms with van der Waals surface area (Å²) in [4.78, 5) is 17.4. The topological polar surface area (TPSA) is 47.9 Å². The molecule has 9 heteroatoms. The second-order valence-electron chi connectivity index (χ2n) is 8.61. The zero-order chi connectivity index (χ0) is 26.0. The van der Waals surface area contributed by atoms with Crippen LogP contribution in [-0.2, 0) is 9.53 Å². The van der Waals surface area contributed by atoms with Crippen LogP contribution in [0.15, 0.2) is 71.7 Å². The van der Waals surface area contributed by atoms with E-state index in [1.165, 1.54) is 30.3 Å². The van der Waals surface area contributed by atoms with E-state index in [0.717, 1.165) is 12.1 Å². The number of carbonyl (C=O) groups excluding carboxylic acids is 1. The summed E-state index contributed by atoms with van der Waals surface area (Å²) >= 11 is 0. The van der Waals surface area contributed by atoms with Crippen LogP contribution < -0.4 is 4.74 Å². The molecule has 0 aromatic heterocycles. The highest BCUT2D eigenvalue weighted by Gasteiger charge is 2.39. The molecule has 1 heterocycles. The molecule has 0 saturated carbocycles. The van der Waals surface area contributed by atoms with Gasteiger partial charge < -0.3 is 9.47 Å². The lowest BCUT2D eigenvalue weighted by molar-refractivity contribution is -0.274. The molecule has 1 aliphatic heterocycles. The van der Waals surface area contributed by atoms with E-state index in [4.69, 9.17) is 4.74 Å². The highest BCUT2D eigenvalue weighted by molar-refractivity contribution is 6.04. The quantitative estimate of drug-likeness (QED) is 0.268. The number of halogens is 5. The van der Waals surface area contributed by atoms with Crippen LogP contribution in [0.3, 0.4) is 0 Å². The van der Waals surface area contributed by atoms with Crippen LogP contribution in [0.25, 0.3) is 11.1 Å². The van der Waals surface area contributed by atoms with Crippen molar-refractivity contribution in [2.24, 2.45) is 10.9 Å². The maximum absolute atomic E-state index is 14.4. The van der Waals surface area contributed by atoms with Crippen LogP contribution in [0.5, 0.6) is 5.75 Å². The molecule has 3 aromatic rings. The first-order chi connectivity index (χ1) is 17.0. The third-order valence-electron chi connectivity index (χ3n) is 5.67. The molecule has 2 unspecified atom stereocenters. The molecule has 2 atom stereocenters. The summed E-state index contributed by atoms with van der Waals surface area (Å²) in [5.41, 5.74) is 1.87. The standard InChI is InChI=1S/C27H22F5NO3/c1-15(2)35-26(34)20-14-23(24-21(28)4-3-5-22(24)29)33-25(20)18-8-6-16(7-9-18)17-10-12-19(13-11-17)36-27(30,31)32/h3-13,15,20,25H,14H2,1-2H3. The van der Waals surface area contributed by atoms with Gasteiger partial charge >= 0.3 is 12.3 Å². The molecule has 1 aliphatic rings. The van der Waals surface area contributed by atoms with Crippen LogP contribution in [0.1, 0.15) is 37.4 Å². The number of rotatable bonds is 6. The third kappa shape index (κ3) is 5.72. The number of carbonyl (C=O) groups is 1. The summed E-state index contributed by atoms with van der Waals surface area (Å²) in [6.07, 6.45) is -5.14. The Hall–Kier alpha value is -3.75. The van der Waals surface area contributed by atoms with Crippen molar-refractivity contribution < 1.29 is 36.2 Å². The van der Waals surface area contributed by atoms with Gasteiger partial charge in [0, 0.05) is 12.1 Å². The first kappa shape index (κ1) is 25.3. The fraction of sp³-hybridized carbons (Fsp3) is 0.259. The van der Waals surface area contributed by atoms with Crippen LogP contribution in [0.4, 0.5) is 22.0 Å². The van der Waals surface area contributed by atoms with Crippen molar-refractivity contribution in [3.63, 3.8) is 0 Å². The predicted molar refractivity (Wildman–Crippen MR) is 124 cm³/mol. The summed E-state index contributed by atoms with van der Waals surface area (Å²) in [7, 11) is 0. The molecule has 4 rings (SSSR count). The van der Waals surface area contributed by atoms with E-state index in [1.807, 2.05) is 0 Å². The summed E-state index contributed by atoms with van der Waals surface area (Å²) in [5, 5.41) is 0. The third-order valence-corrected chi connectivity index (χ3v) is 5.67. The molecule has 36 heavy (non-hydrogen) atoms. The van der Waals surface area contributed by atoms with E-state index in [1.54, 1.807) is 38.1 Å². The fourth-order valence-electron chi connectivity index (χ4n) is 4.13. The van der Waals surface area contributed by atoms with E-state index in [-0.39, 0.29) is 29.5 Å². The normalized spacial score (nSPS) is 17.7. The molecule has 0 fully saturated rings. The summed E-state index contributed by atoms with van der Waals surface area (Å²) in [6, 6.07) is 15.1. The monoisotopic (exact) mass is 503 g/mol. The van der Waals surface area contributed by atoms with Gasteiger partial charge in [-0.05, 0) is 54.8 Å². The number of hydrogen-bond acceptors (Lipinski definition) is 4. The van der Waals surface area contributed by atoms with Gasteiger partial charge in [-0.1, -0.05) is 42.5 Å². The number of benzene rings is 3. The van der Waals surface area contributed by atoms with Crippen LogP contribution in [0, 0.1) is 17.6 Å². The van der Waals surface area contributed by atoms with Gasteiger partial charge in [0.1, 0.15) is 17.4 Å².